The fourth-order valence-electron chi connectivity index (χ4n) is 0.262. The van der Waals surface area contributed by atoms with Gasteiger partial charge in [0.25, 0.3) is 0 Å². The molecule has 0 aliphatic carbocycles. The fraction of sp³-hybridized carbons (Fsp3) is 0.750. The molecule has 0 heterocycles. The van der Waals surface area contributed by atoms with E-state index in [0.29, 0.717) is 6.03 Å². The van der Waals surface area contributed by atoms with Gasteiger partial charge in [-0.15, -0.1) is 0 Å². The summed E-state index contributed by atoms with van der Waals surface area (Å²) in [6.45, 7) is 0. The Labute approximate surface area is 80.4 Å². The monoisotopic (exact) mass is 252 g/mol. The van der Waals surface area contributed by atoms with E-state index in [1.165, 1.54) is 0 Å². The predicted molar refractivity (Wildman–Crippen MR) is 50.6 cm³/mol. The Morgan fingerprint density at radius 2 is 1.21 bits per heavy atom. The van der Waals surface area contributed by atoms with Crippen molar-refractivity contribution in [1.82, 2.24) is 0 Å². The van der Waals surface area contributed by atoms with Gasteiger partial charge >= 0.3 is 60.3 Å². The standard InChI is InChI=1S/C4H11O4P.H3O4P/c5-1-9(2-6,3-7)4-8;1-5(2,3)4/h1,6-9H,2-4H2;(H3,1,2,3,4). The molecule has 0 atom stereocenters. The molecule has 88 valence electrons. The van der Waals surface area contributed by atoms with E-state index in [1.54, 1.807) is 0 Å². The largest absolute Gasteiger partial charge is 0.466 e. The summed E-state index contributed by atoms with van der Waals surface area (Å²) >= 11 is 0. The van der Waals surface area contributed by atoms with E-state index >= 15 is 0 Å². The second-order valence-electron chi connectivity index (χ2n) is 2.47. The molecule has 10 heteroatoms. The first-order valence-corrected chi connectivity index (χ1v) is 7.58. The van der Waals surface area contributed by atoms with E-state index in [1.807, 2.05) is 0 Å². The van der Waals surface area contributed by atoms with Gasteiger partial charge in [0.1, 0.15) is 0 Å². The Morgan fingerprint density at radius 1 is 1.00 bits per heavy atom. The molecule has 14 heavy (non-hydrogen) atoms. The second kappa shape index (κ2) is 7.39. The summed E-state index contributed by atoms with van der Waals surface area (Å²) < 4.78 is 8.88. The quantitative estimate of drug-likeness (QED) is 0.244. The Morgan fingerprint density at radius 3 is 1.21 bits per heavy atom. The van der Waals surface area contributed by atoms with Crippen LogP contribution in [0, 0.1) is 0 Å². The molecule has 8 nitrogen and oxygen atoms in total. The Hall–Kier alpha value is 0.0900. The fourth-order valence-corrected chi connectivity index (χ4v) is 0.785. The van der Waals surface area contributed by atoms with Gasteiger partial charge in [0.15, 0.2) is 0 Å². The molecule has 6 N–H and O–H groups in total. The van der Waals surface area contributed by atoms with Crippen LogP contribution in [-0.2, 0) is 9.36 Å². The van der Waals surface area contributed by atoms with E-state index in [-0.39, 0.29) is 19.0 Å². The minimum absolute atomic E-state index is 0.385. The molecule has 0 unspecified atom stereocenters. The smallest absolute Gasteiger partial charge is 0.303 e. The summed E-state index contributed by atoms with van der Waals surface area (Å²) in [5.74, 6) is 0. The number of aliphatic hydroxyl groups excluding tert-OH is 3. The van der Waals surface area contributed by atoms with E-state index in [2.05, 4.69) is 0 Å². The Kier molecular flexibility index (Phi) is 8.72. The van der Waals surface area contributed by atoms with E-state index in [0.717, 1.165) is 0 Å². The van der Waals surface area contributed by atoms with Crippen LogP contribution < -0.4 is 0 Å². The van der Waals surface area contributed by atoms with Gasteiger partial charge in [-0.05, 0) is 0 Å². The van der Waals surface area contributed by atoms with Crippen molar-refractivity contribution in [1.29, 1.82) is 0 Å². The van der Waals surface area contributed by atoms with E-state index in [9.17, 15) is 4.79 Å². The van der Waals surface area contributed by atoms with Crippen LogP contribution in [0.5, 0.6) is 0 Å². The number of carbonyl (C=O) groups is 1. The van der Waals surface area contributed by atoms with Crippen molar-refractivity contribution in [2.24, 2.45) is 0 Å². The van der Waals surface area contributed by atoms with Crippen molar-refractivity contribution in [2.45, 2.75) is 0 Å². The van der Waals surface area contributed by atoms with Crippen molar-refractivity contribution in [3.63, 3.8) is 0 Å². The van der Waals surface area contributed by atoms with E-state index in [4.69, 9.17) is 34.6 Å². The van der Waals surface area contributed by atoms with Gasteiger partial charge in [0.05, 0.1) is 0 Å². The third-order valence-electron chi connectivity index (χ3n) is 1.19. The minimum atomic E-state index is -4.64. The van der Waals surface area contributed by atoms with Gasteiger partial charge < -0.3 is 14.7 Å². The normalized spacial score (nSPS) is 12.7. The molecule has 0 aromatic heterocycles. The maximum absolute atomic E-state index is 10.1. The summed E-state index contributed by atoms with van der Waals surface area (Å²) in [7, 11) is -7.34. The summed E-state index contributed by atoms with van der Waals surface area (Å²) in [5, 5.41) is 25.5. The summed E-state index contributed by atoms with van der Waals surface area (Å²) in [6.07, 6.45) is -1.16. The number of carbonyl (C=O) groups excluding carboxylic acids is 1. The first kappa shape index (κ1) is 16.5. The first-order chi connectivity index (χ1) is 6.24. The molecule has 0 aromatic carbocycles. The number of hydrogen-bond acceptors (Lipinski definition) is 5. The van der Waals surface area contributed by atoms with Crippen molar-refractivity contribution in [2.75, 3.05) is 19.0 Å². The van der Waals surface area contributed by atoms with Crippen LogP contribution in [0.3, 0.4) is 0 Å². The molecule has 0 aromatic rings. The number of phosphoric acid groups is 1. The SMILES string of the molecule is O=C[PH](CO)(CO)CO.O=P(O)(O)O. The molecule has 0 spiro atoms. The van der Waals surface area contributed by atoms with Crippen LogP contribution in [-0.4, -0.2) is 55.1 Å². The van der Waals surface area contributed by atoms with Crippen LogP contribution in [0.1, 0.15) is 0 Å². The topological polar surface area (TPSA) is 156 Å². The molecular weight excluding hydrogens is 238 g/mol. The van der Waals surface area contributed by atoms with Gasteiger partial charge in [-0.3, -0.25) is 0 Å². The molecule has 0 radical (unpaired) electrons. The van der Waals surface area contributed by atoms with Crippen molar-refractivity contribution < 1.29 is 39.4 Å². The third-order valence-corrected chi connectivity index (χ3v) is 3.58. The second-order valence-corrected chi connectivity index (χ2v) is 7.40. The molecule has 0 fully saturated rings. The Bertz CT molecular complexity index is 179. The van der Waals surface area contributed by atoms with Gasteiger partial charge in [0.2, 0.25) is 0 Å². The molecule has 0 aliphatic rings. The van der Waals surface area contributed by atoms with Crippen LogP contribution >= 0.6 is 15.1 Å². The number of aliphatic hydroxyl groups is 3. The number of hydrogen-bond donors (Lipinski definition) is 6. The van der Waals surface area contributed by atoms with E-state index < -0.39 is 15.1 Å². The third kappa shape index (κ3) is 10.2. The molecule has 0 aliphatic heterocycles. The zero-order chi connectivity index (χ0) is 11.8. The van der Waals surface area contributed by atoms with Gasteiger partial charge in [-0.25, -0.2) is 4.57 Å². The first-order valence-electron chi connectivity index (χ1n) is 3.32. The zero-order valence-corrected chi connectivity index (χ0v) is 9.04. The molecule has 0 saturated heterocycles. The zero-order valence-electron chi connectivity index (χ0n) is 7.15. The molecule has 0 bridgehead atoms. The molecule has 0 amide bonds. The van der Waals surface area contributed by atoms with Crippen molar-refractivity contribution in [3.8, 4) is 0 Å². The maximum atomic E-state index is 10.1. The van der Waals surface area contributed by atoms with Crippen molar-refractivity contribution >= 4 is 21.1 Å². The molecule has 0 saturated carbocycles. The predicted octanol–water partition coefficient (Wildman–Crippen LogP) is -2.15. The van der Waals surface area contributed by atoms with Gasteiger partial charge in [-0.1, -0.05) is 0 Å². The van der Waals surface area contributed by atoms with Crippen LogP contribution in [0.2, 0.25) is 0 Å². The summed E-state index contributed by atoms with van der Waals surface area (Å²) in [6, 6.07) is 0.493. The molecule has 0 rings (SSSR count). The van der Waals surface area contributed by atoms with Crippen LogP contribution in [0.15, 0.2) is 0 Å². The maximum Gasteiger partial charge on any atom is 0.466 e. The van der Waals surface area contributed by atoms with Crippen LogP contribution in [0.25, 0.3) is 0 Å². The van der Waals surface area contributed by atoms with Gasteiger partial charge in [0, 0.05) is 0 Å². The van der Waals surface area contributed by atoms with Gasteiger partial charge in [-0.2, -0.15) is 0 Å². The Balaban J connectivity index is 0. The van der Waals surface area contributed by atoms with Crippen LogP contribution in [0.4, 0.5) is 0 Å². The van der Waals surface area contributed by atoms with Crippen molar-refractivity contribution in [3.05, 3.63) is 0 Å². The minimum Gasteiger partial charge on any atom is -0.303 e. The number of rotatable bonds is 4. The summed E-state index contributed by atoms with van der Waals surface area (Å²) in [4.78, 5) is 31.7. The average Bonchev–Trinajstić information content (AvgIpc) is 2.07. The average molecular weight is 252 g/mol. The molecular formula is C4H14O8P2. The summed E-state index contributed by atoms with van der Waals surface area (Å²) in [5.41, 5.74) is 0.